The van der Waals surface area contributed by atoms with Gasteiger partial charge in [0.25, 0.3) is 5.56 Å². The van der Waals surface area contributed by atoms with E-state index < -0.39 is 5.97 Å². The maximum atomic E-state index is 11.6. The molecule has 0 aliphatic rings. The summed E-state index contributed by atoms with van der Waals surface area (Å²) < 4.78 is 6.18. The second-order valence-electron chi connectivity index (χ2n) is 3.73. The van der Waals surface area contributed by atoms with Crippen molar-refractivity contribution < 1.29 is 9.53 Å². The smallest absolute Gasteiger partial charge is 0.338 e. The van der Waals surface area contributed by atoms with Gasteiger partial charge in [-0.3, -0.25) is 4.79 Å². The van der Waals surface area contributed by atoms with E-state index in [9.17, 15) is 9.59 Å². The first kappa shape index (κ1) is 12.5. The number of esters is 1. The van der Waals surface area contributed by atoms with Crippen LogP contribution in [0.3, 0.4) is 0 Å². The molecule has 0 fully saturated rings. The number of pyridine rings is 1. The van der Waals surface area contributed by atoms with Crippen molar-refractivity contribution in [1.82, 2.24) is 4.57 Å². The molecule has 0 aromatic carbocycles. The topological polar surface area (TPSA) is 48.3 Å². The fourth-order valence-electron chi connectivity index (χ4n) is 1.52. The summed E-state index contributed by atoms with van der Waals surface area (Å²) >= 11 is 0. The Bertz CT molecular complexity index is 434. The molecule has 0 atom stereocenters. The molecule has 88 valence electrons. The minimum Gasteiger partial charge on any atom is -0.465 e. The number of methoxy groups -OCH3 is 1. The third-order valence-electron chi connectivity index (χ3n) is 2.57. The molecule has 0 aliphatic carbocycles. The van der Waals surface area contributed by atoms with Gasteiger partial charge in [-0.2, -0.15) is 0 Å². The number of aromatic nitrogens is 1. The first-order valence-corrected chi connectivity index (χ1v) is 5.38. The molecule has 0 radical (unpaired) electrons. The van der Waals surface area contributed by atoms with Crippen LogP contribution in [0.1, 0.15) is 35.8 Å². The third kappa shape index (κ3) is 2.72. The predicted molar refractivity (Wildman–Crippen MR) is 61.6 cm³/mol. The fourth-order valence-corrected chi connectivity index (χ4v) is 1.52. The van der Waals surface area contributed by atoms with E-state index in [2.05, 4.69) is 11.7 Å². The highest BCUT2D eigenvalue weighted by Crippen LogP contribution is 2.06. The van der Waals surface area contributed by atoms with Crippen molar-refractivity contribution in [2.75, 3.05) is 7.11 Å². The zero-order valence-electron chi connectivity index (χ0n) is 9.95. The Hall–Kier alpha value is -1.58. The van der Waals surface area contributed by atoms with Crippen LogP contribution in [0.5, 0.6) is 0 Å². The number of carbonyl (C=O) groups excluding carboxylic acids is 1. The van der Waals surface area contributed by atoms with Gasteiger partial charge in [-0.15, -0.1) is 0 Å². The van der Waals surface area contributed by atoms with Crippen molar-refractivity contribution in [3.63, 3.8) is 0 Å². The van der Waals surface area contributed by atoms with Gasteiger partial charge in [-0.05, 0) is 18.9 Å². The van der Waals surface area contributed by atoms with Gasteiger partial charge in [0.1, 0.15) is 0 Å². The van der Waals surface area contributed by atoms with E-state index in [0.29, 0.717) is 5.56 Å². The molecule has 1 rings (SSSR count). The van der Waals surface area contributed by atoms with Gasteiger partial charge in [0.15, 0.2) is 0 Å². The average molecular weight is 223 g/mol. The second kappa shape index (κ2) is 5.49. The van der Waals surface area contributed by atoms with Crippen molar-refractivity contribution in [1.29, 1.82) is 0 Å². The molecule has 0 N–H and O–H groups in total. The third-order valence-corrected chi connectivity index (χ3v) is 2.57. The highest BCUT2D eigenvalue weighted by Gasteiger charge is 2.10. The van der Waals surface area contributed by atoms with Gasteiger partial charge < -0.3 is 9.30 Å². The van der Waals surface area contributed by atoms with E-state index in [1.54, 1.807) is 17.7 Å². The fraction of sp³-hybridized carbons (Fsp3) is 0.500. The minimum atomic E-state index is -0.463. The number of hydrogen-bond donors (Lipinski definition) is 0. The molecule has 1 heterocycles. The summed E-state index contributed by atoms with van der Waals surface area (Å²) in [6.07, 6.45) is 2.85. The summed E-state index contributed by atoms with van der Waals surface area (Å²) in [7, 11) is 3.03. The molecule has 4 nitrogen and oxygen atoms in total. The summed E-state index contributed by atoms with van der Waals surface area (Å²) in [6.45, 7) is 2.09. The molecule has 0 aliphatic heterocycles. The Morgan fingerprint density at radius 2 is 2.12 bits per heavy atom. The van der Waals surface area contributed by atoms with Crippen LogP contribution in [0, 0.1) is 0 Å². The highest BCUT2D eigenvalue weighted by molar-refractivity contribution is 5.89. The normalized spacial score (nSPS) is 10.2. The van der Waals surface area contributed by atoms with Gasteiger partial charge >= 0.3 is 5.97 Å². The van der Waals surface area contributed by atoms with Crippen LogP contribution in [0.15, 0.2) is 16.9 Å². The molecule has 0 unspecified atom stereocenters. The van der Waals surface area contributed by atoms with Gasteiger partial charge in [0.2, 0.25) is 0 Å². The van der Waals surface area contributed by atoms with Crippen LogP contribution >= 0.6 is 0 Å². The number of aryl methyl sites for hydroxylation is 1. The molecule has 16 heavy (non-hydrogen) atoms. The highest BCUT2D eigenvalue weighted by atomic mass is 16.5. The van der Waals surface area contributed by atoms with Crippen LogP contribution in [0.2, 0.25) is 0 Å². The lowest BCUT2D eigenvalue weighted by atomic mass is 10.1. The van der Waals surface area contributed by atoms with Crippen molar-refractivity contribution in [3.8, 4) is 0 Å². The SMILES string of the molecule is CCCCc1cc(C(=O)OC)cc(=O)n1C. The standard InChI is InChI=1S/C12H17NO3/c1-4-5-6-10-7-9(12(15)16-3)8-11(14)13(10)2/h7-8H,4-6H2,1-3H3. The van der Waals surface area contributed by atoms with E-state index in [-0.39, 0.29) is 5.56 Å². The molecule has 0 saturated heterocycles. The zero-order valence-corrected chi connectivity index (χ0v) is 9.95. The average Bonchev–Trinajstić information content (AvgIpc) is 2.29. The number of ether oxygens (including phenoxy) is 1. The largest absolute Gasteiger partial charge is 0.465 e. The van der Waals surface area contributed by atoms with Crippen LogP contribution in [0.25, 0.3) is 0 Å². The molecule has 0 spiro atoms. The molecule has 1 aromatic heterocycles. The van der Waals surface area contributed by atoms with E-state index in [0.717, 1.165) is 25.0 Å². The van der Waals surface area contributed by atoms with E-state index in [4.69, 9.17) is 0 Å². The summed E-state index contributed by atoms with van der Waals surface area (Å²) in [5.74, 6) is -0.463. The molecule has 4 heteroatoms. The Labute approximate surface area is 94.9 Å². The lowest BCUT2D eigenvalue weighted by molar-refractivity contribution is 0.0600. The monoisotopic (exact) mass is 223 g/mol. The molecule has 0 amide bonds. The maximum Gasteiger partial charge on any atom is 0.338 e. The lowest BCUT2D eigenvalue weighted by Gasteiger charge is -2.09. The van der Waals surface area contributed by atoms with Crippen LogP contribution in [-0.4, -0.2) is 17.6 Å². The Kier molecular flexibility index (Phi) is 4.28. The molecule has 0 bridgehead atoms. The Morgan fingerprint density at radius 3 is 2.69 bits per heavy atom. The first-order chi connectivity index (χ1) is 7.60. The predicted octanol–water partition coefficient (Wildman–Crippen LogP) is 1.51. The van der Waals surface area contributed by atoms with Crippen molar-refractivity contribution in [2.45, 2.75) is 26.2 Å². The van der Waals surface area contributed by atoms with Crippen molar-refractivity contribution >= 4 is 5.97 Å². The number of unbranched alkanes of at least 4 members (excludes halogenated alkanes) is 1. The molecular weight excluding hydrogens is 206 g/mol. The minimum absolute atomic E-state index is 0.172. The molecule has 0 saturated carbocycles. The van der Waals surface area contributed by atoms with Gasteiger partial charge in [-0.25, -0.2) is 4.79 Å². The van der Waals surface area contributed by atoms with E-state index >= 15 is 0 Å². The van der Waals surface area contributed by atoms with Gasteiger partial charge in [0, 0.05) is 18.8 Å². The van der Waals surface area contributed by atoms with Gasteiger partial charge in [-0.1, -0.05) is 13.3 Å². The van der Waals surface area contributed by atoms with Crippen molar-refractivity contribution in [2.24, 2.45) is 7.05 Å². The number of carbonyl (C=O) groups is 1. The zero-order chi connectivity index (χ0) is 12.1. The first-order valence-electron chi connectivity index (χ1n) is 5.38. The second-order valence-corrected chi connectivity index (χ2v) is 3.73. The summed E-state index contributed by atoms with van der Waals surface area (Å²) in [6, 6.07) is 3.03. The number of hydrogen-bond acceptors (Lipinski definition) is 3. The van der Waals surface area contributed by atoms with Crippen LogP contribution in [-0.2, 0) is 18.2 Å². The quantitative estimate of drug-likeness (QED) is 0.727. The van der Waals surface area contributed by atoms with Crippen molar-refractivity contribution in [3.05, 3.63) is 33.7 Å². The summed E-state index contributed by atoms with van der Waals surface area (Å²) in [5, 5.41) is 0. The maximum absolute atomic E-state index is 11.6. The summed E-state index contributed by atoms with van der Waals surface area (Å²) in [5.41, 5.74) is 1.03. The molecular formula is C12H17NO3. The number of rotatable bonds is 4. The number of nitrogens with zero attached hydrogens (tertiary/aromatic N) is 1. The van der Waals surface area contributed by atoms with E-state index in [1.165, 1.54) is 13.2 Å². The Balaban J connectivity index is 3.11. The lowest BCUT2D eigenvalue weighted by Crippen LogP contribution is -2.22. The van der Waals surface area contributed by atoms with Gasteiger partial charge in [0.05, 0.1) is 12.7 Å². The molecule has 1 aromatic rings. The van der Waals surface area contributed by atoms with Crippen LogP contribution in [0.4, 0.5) is 0 Å². The van der Waals surface area contributed by atoms with E-state index in [1.807, 2.05) is 0 Å². The van der Waals surface area contributed by atoms with Crippen LogP contribution < -0.4 is 5.56 Å². The summed E-state index contributed by atoms with van der Waals surface area (Å²) in [4.78, 5) is 22.9. The Morgan fingerprint density at radius 1 is 1.44 bits per heavy atom.